The highest BCUT2D eigenvalue weighted by Crippen LogP contribution is 2.04. The van der Waals surface area contributed by atoms with Crippen LogP contribution in [-0.2, 0) is 14.3 Å². The van der Waals surface area contributed by atoms with Crippen molar-refractivity contribution in [1.29, 1.82) is 0 Å². The van der Waals surface area contributed by atoms with Gasteiger partial charge in [0.25, 0.3) is 0 Å². The number of ether oxygens (including phenoxy) is 1. The molecule has 1 aliphatic heterocycles. The number of esters is 1. The lowest BCUT2D eigenvalue weighted by atomic mass is 10.1. The third-order valence-electron chi connectivity index (χ3n) is 2.72. The lowest BCUT2D eigenvalue weighted by molar-refractivity contribution is -0.149. The molecule has 1 heterocycles. The van der Waals surface area contributed by atoms with Gasteiger partial charge in [-0.2, -0.15) is 0 Å². The first kappa shape index (κ1) is 13.9. The van der Waals surface area contributed by atoms with Gasteiger partial charge in [-0.3, -0.25) is 9.69 Å². The number of nitrogens with zero attached hydrogens (tertiary/aromatic N) is 1. The van der Waals surface area contributed by atoms with Gasteiger partial charge < -0.3 is 15.4 Å². The highest BCUT2D eigenvalue weighted by atomic mass is 16.5. The van der Waals surface area contributed by atoms with Crippen LogP contribution in [0.25, 0.3) is 0 Å². The Morgan fingerprint density at radius 3 is 2.47 bits per heavy atom. The SMILES string of the molecule is COC(=O)C(C)(C)NC(=O)CN1CCNCC1. The zero-order valence-electron chi connectivity index (χ0n) is 10.7. The number of carbonyl (C=O) groups excluding carboxylic acids is 2. The van der Waals surface area contributed by atoms with Crippen LogP contribution in [0.5, 0.6) is 0 Å². The van der Waals surface area contributed by atoms with Crippen molar-refractivity contribution < 1.29 is 14.3 Å². The average Bonchev–Trinajstić information content (AvgIpc) is 2.28. The average molecular weight is 243 g/mol. The maximum Gasteiger partial charge on any atom is 0.330 e. The van der Waals surface area contributed by atoms with Crippen LogP contribution in [0.15, 0.2) is 0 Å². The molecule has 6 nitrogen and oxygen atoms in total. The van der Waals surface area contributed by atoms with Crippen LogP contribution in [0.1, 0.15) is 13.8 Å². The number of methoxy groups -OCH3 is 1. The molecule has 1 amide bonds. The number of nitrogens with one attached hydrogen (secondary N) is 2. The third-order valence-corrected chi connectivity index (χ3v) is 2.72. The maximum atomic E-state index is 11.8. The van der Waals surface area contributed by atoms with Crippen molar-refractivity contribution >= 4 is 11.9 Å². The smallest absolute Gasteiger partial charge is 0.330 e. The molecule has 1 rings (SSSR count). The van der Waals surface area contributed by atoms with Crippen LogP contribution in [0.2, 0.25) is 0 Å². The van der Waals surface area contributed by atoms with Crippen molar-refractivity contribution in [2.24, 2.45) is 0 Å². The summed E-state index contributed by atoms with van der Waals surface area (Å²) in [6.07, 6.45) is 0. The molecule has 0 radical (unpaired) electrons. The Hall–Kier alpha value is -1.14. The minimum absolute atomic E-state index is 0.151. The van der Waals surface area contributed by atoms with Gasteiger partial charge in [0.1, 0.15) is 5.54 Å². The summed E-state index contributed by atoms with van der Waals surface area (Å²) < 4.78 is 4.63. The topological polar surface area (TPSA) is 70.7 Å². The van der Waals surface area contributed by atoms with Crippen molar-refractivity contribution in [3.05, 3.63) is 0 Å². The van der Waals surface area contributed by atoms with Crippen molar-refractivity contribution in [3.8, 4) is 0 Å². The Kier molecular flexibility index (Phi) is 4.89. The van der Waals surface area contributed by atoms with Gasteiger partial charge in [0, 0.05) is 26.2 Å². The summed E-state index contributed by atoms with van der Waals surface area (Å²) in [5.41, 5.74) is -0.972. The second-order valence-corrected chi connectivity index (χ2v) is 4.69. The molecular formula is C11H21N3O3. The molecule has 6 heteroatoms. The molecular weight excluding hydrogens is 222 g/mol. The molecule has 0 unspecified atom stereocenters. The van der Waals surface area contributed by atoms with Gasteiger partial charge in [0.15, 0.2) is 0 Å². The summed E-state index contributed by atoms with van der Waals surface area (Å²) in [6, 6.07) is 0. The van der Waals surface area contributed by atoms with E-state index in [1.165, 1.54) is 7.11 Å². The molecule has 17 heavy (non-hydrogen) atoms. The molecule has 0 aromatic heterocycles. The molecule has 0 aliphatic carbocycles. The molecule has 1 fully saturated rings. The van der Waals surface area contributed by atoms with Crippen LogP contribution in [-0.4, -0.2) is 62.1 Å². The van der Waals surface area contributed by atoms with Gasteiger partial charge in [-0.1, -0.05) is 0 Å². The molecule has 0 saturated carbocycles. The standard InChI is InChI=1S/C11H21N3O3/c1-11(2,10(16)17-3)13-9(15)8-14-6-4-12-5-7-14/h12H,4-8H2,1-3H3,(H,13,15). The lowest BCUT2D eigenvalue weighted by Gasteiger charge is -2.29. The van der Waals surface area contributed by atoms with E-state index in [0.29, 0.717) is 6.54 Å². The van der Waals surface area contributed by atoms with E-state index >= 15 is 0 Å². The number of carbonyl (C=O) groups is 2. The fraction of sp³-hybridized carbons (Fsp3) is 0.818. The third kappa shape index (κ3) is 4.32. The second kappa shape index (κ2) is 5.97. The normalized spacial score (nSPS) is 17.6. The molecule has 0 spiro atoms. The molecule has 0 atom stereocenters. The Labute approximate surface area is 102 Å². The van der Waals surface area contributed by atoms with E-state index in [2.05, 4.69) is 20.3 Å². The molecule has 2 N–H and O–H groups in total. The lowest BCUT2D eigenvalue weighted by Crippen LogP contribution is -2.54. The van der Waals surface area contributed by atoms with Crippen LogP contribution in [0.3, 0.4) is 0 Å². The van der Waals surface area contributed by atoms with E-state index in [4.69, 9.17) is 0 Å². The van der Waals surface area contributed by atoms with Gasteiger partial charge in [-0.15, -0.1) is 0 Å². The Morgan fingerprint density at radius 1 is 1.35 bits per heavy atom. The molecule has 0 bridgehead atoms. The van der Waals surface area contributed by atoms with E-state index in [0.717, 1.165) is 26.2 Å². The summed E-state index contributed by atoms with van der Waals surface area (Å²) in [5.74, 6) is -0.589. The monoisotopic (exact) mass is 243 g/mol. The largest absolute Gasteiger partial charge is 0.467 e. The van der Waals surface area contributed by atoms with Gasteiger partial charge in [0.05, 0.1) is 13.7 Å². The van der Waals surface area contributed by atoms with Gasteiger partial charge in [0.2, 0.25) is 5.91 Å². The summed E-state index contributed by atoms with van der Waals surface area (Å²) in [4.78, 5) is 25.2. The Morgan fingerprint density at radius 2 is 1.94 bits per heavy atom. The summed E-state index contributed by atoms with van der Waals surface area (Å²) >= 11 is 0. The summed E-state index contributed by atoms with van der Waals surface area (Å²) in [6.45, 7) is 7.09. The molecule has 1 aliphatic rings. The van der Waals surface area contributed by atoms with Crippen molar-refractivity contribution in [3.63, 3.8) is 0 Å². The van der Waals surface area contributed by atoms with E-state index < -0.39 is 11.5 Å². The van der Waals surface area contributed by atoms with Crippen molar-refractivity contribution in [2.45, 2.75) is 19.4 Å². The van der Waals surface area contributed by atoms with Gasteiger partial charge in [-0.25, -0.2) is 4.79 Å². The van der Waals surface area contributed by atoms with E-state index in [1.807, 2.05) is 0 Å². The predicted octanol–water partition coefficient (Wildman–Crippen LogP) is -1.04. The maximum absolute atomic E-state index is 11.8. The highest BCUT2D eigenvalue weighted by Gasteiger charge is 2.30. The summed E-state index contributed by atoms with van der Waals surface area (Å²) in [7, 11) is 1.31. The molecule has 98 valence electrons. The zero-order chi connectivity index (χ0) is 12.9. The van der Waals surface area contributed by atoms with Crippen LogP contribution in [0.4, 0.5) is 0 Å². The van der Waals surface area contributed by atoms with E-state index in [-0.39, 0.29) is 5.91 Å². The van der Waals surface area contributed by atoms with Crippen LogP contribution < -0.4 is 10.6 Å². The first-order chi connectivity index (χ1) is 7.95. The minimum atomic E-state index is -0.972. The number of hydrogen-bond donors (Lipinski definition) is 2. The Balaban J connectivity index is 2.40. The van der Waals surface area contributed by atoms with E-state index in [1.54, 1.807) is 13.8 Å². The summed E-state index contributed by atoms with van der Waals surface area (Å²) in [5, 5.41) is 5.89. The first-order valence-corrected chi connectivity index (χ1v) is 5.78. The molecule has 0 aromatic rings. The van der Waals surface area contributed by atoms with E-state index in [9.17, 15) is 9.59 Å². The number of piperazine rings is 1. The number of rotatable bonds is 4. The minimum Gasteiger partial charge on any atom is -0.467 e. The predicted molar refractivity (Wildman–Crippen MR) is 63.5 cm³/mol. The highest BCUT2D eigenvalue weighted by molar-refractivity contribution is 5.88. The van der Waals surface area contributed by atoms with Crippen molar-refractivity contribution in [1.82, 2.24) is 15.5 Å². The fourth-order valence-electron chi connectivity index (χ4n) is 1.77. The van der Waals surface area contributed by atoms with Crippen LogP contribution >= 0.6 is 0 Å². The van der Waals surface area contributed by atoms with Gasteiger partial charge in [-0.05, 0) is 13.8 Å². The zero-order valence-corrected chi connectivity index (χ0v) is 10.7. The number of hydrogen-bond acceptors (Lipinski definition) is 5. The fourth-order valence-corrected chi connectivity index (χ4v) is 1.77. The first-order valence-electron chi connectivity index (χ1n) is 5.78. The second-order valence-electron chi connectivity index (χ2n) is 4.69. The molecule has 0 aromatic carbocycles. The quantitative estimate of drug-likeness (QED) is 0.617. The van der Waals surface area contributed by atoms with Gasteiger partial charge >= 0.3 is 5.97 Å². The molecule has 1 saturated heterocycles. The van der Waals surface area contributed by atoms with Crippen LogP contribution in [0, 0.1) is 0 Å². The number of amides is 1. The van der Waals surface area contributed by atoms with Crippen molar-refractivity contribution in [2.75, 3.05) is 39.8 Å². The Bertz CT molecular complexity index is 286.